The molecule has 0 radical (unpaired) electrons. The van der Waals surface area contributed by atoms with E-state index in [1.807, 2.05) is 0 Å². The minimum Gasteiger partial charge on any atom is -0.387 e. The van der Waals surface area contributed by atoms with Crippen LogP contribution in [0.3, 0.4) is 0 Å². The lowest BCUT2D eigenvalue weighted by Gasteiger charge is -2.48. The molecular formula is C26H52O6. The number of hydrogen-bond donors (Lipinski definition) is 1. The van der Waals surface area contributed by atoms with Gasteiger partial charge in [-0.25, -0.2) is 0 Å². The molecule has 6 nitrogen and oxygen atoms in total. The smallest absolute Gasteiger partial charge is 0.115 e. The normalized spacial score (nSPS) is 28.3. The minimum atomic E-state index is -0.812. The maximum Gasteiger partial charge on any atom is 0.115 e. The molecule has 0 aromatic rings. The first-order valence-corrected chi connectivity index (χ1v) is 13.4. The number of rotatable bonds is 20. The van der Waals surface area contributed by atoms with Gasteiger partial charge in [0.25, 0.3) is 0 Å². The molecule has 192 valence electrons. The maximum atomic E-state index is 11.4. The molecule has 6 heteroatoms. The second-order valence-electron chi connectivity index (χ2n) is 8.94. The Balaban J connectivity index is 3.16. The van der Waals surface area contributed by atoms with Crippen molar-refractivity contribution in [2.75, 3.05) is 33.0 Å². The maximum absolute atomic E-state index is 11.4. The molecule has 0 aromatic carbocycles. The fourth-order valence-electron chi connectivity index (χ4n) is 3.91. The van der Waals surface area contributed by atoms with Gasteiger partial charge in [0, 0.05) is 33.0 Å². The summed E-state index contributed by atoms with van der Waals surface area (Å²) in [5.74, 6) is 0. The van der Waals surface area contributed by atoms with Crippen LogP contribution in [0, 0.1) is 0 Å². The number of ether oxygens (including phenoxy) is 5. The lowest BCUT2D eigenvalue weighted by molar-refractivity contribution is -0.274. The molecule has 3 unspecified atom stereocenters. The molecule has 0 aromatic heterocycles. The molecule has 0 aliphatic heterocycles. The highest BCUT2D eigenvalue weighted by atomic mass is 16.6. The molecule has 0 heterocycles. The Morgan fingerprint density at radius 3 is 0.875 bits per heavy atom. The third kappa shape index (κ3) is 10.4. The molecule has 1 aliphatic rings. The topological polar surface area (TPSA) is 66.4 Å². The van der Waals surface area contributed by atoms with Crippen LogP contribution in [0.5, 0.6) is 0 Å². The standard InChI is InChI=1S/C26H52O6/c1-6-11-16-28-22-21(27)23(29-17-12-7-2)25(31-19-14-9-4)26(32-20-15-10-5)24(22)30-18-13-8-3/h21-27H,6-20H2,1-5H3/t21-,22?,23?,24-,25?,26-/m0/s1. The van der Waals surface area contributed by atoms with Crippen molar-refractivity contribution in [2.45, 2.75) is 135 Å². The summed E-state index contributed by atoms with van der Waals surface area (Å²) in [6.45, 7) is 13.8. The van der Waals surface area contributed by atoms with Crippen LogP contribution in [-0.2, 0) is 23.7 Å². The van der Waals surface area contributed by atoms with Crippen LogP contribution in [0.4, 0.5) is 0 Å². The van der Waals surface area contributed by atoms with Gasteiger partial charge in [-0.2, -0.15) is 0 Å². The predicted octanol–water partition coefficient (Wildman–Crippen LogP) is 5.29. The van der Waals surface area contributed by atoms with Crippen LogP contribution < -0.4 is 0 Å². The van der Waals surface area contributed by atoms with Gasteiger partial charge in [-0.1, -0.05) is 66.7 Å². The van der Waals surface area contributed by atoms with Crippen molar-refractivity contribution in [1.29, 1.82) is 0 Å². The summed E-state index contributed by atoms with van der Waals surface area (Å²) in [5.41, 5.74) is 0. The van der Waals surface area contributed by atoms with Crippen molar-refractivity contribution < 1.29 is 28.8 Å². The summed E-state index contributed by atoms with van der Waals surface area (Å²) in [6.07, 6.45) is 7.21. The fraction of sp³-hybridized carbons (Fsp3) is 1.00. The molecule has 0 spiro atoms. The van der Waals surface area contributed by atoms with Crippen LogP contribution in [0.15, 0.2) is 0 Å². The first-order chi connectivity index (χ1) is 15.7. The van der Waals surface area contributed by atoms with E-state index in [4.69, 9.17) is 23.7 Å². The average molecular weight is 461 g/mol. The highest BCUT2D eigenvalue weighted by Crippen LogP contribution is 2.33. The van der Waals surface area contributed by atoms with Crippen molar-refractivity contribution in [3.05, 3.63) is 0 Å². The van der Waals surface area contributed by atoms with Crippen molar-refractivity contribution >= 4 is 0 Å². The molecule has 1 aliphatic carbocycles. The van der Waals surface area contributed by atoms with Gasteiger partial charge in [0.05, 0.1) is 0 Å². The zero-order valence-electron chi connectivity index (χ0n) is 21.6. The SMILES string of the molecule is CCCCOC1C(OCCCC)[C@@H](OCCCC)[C@@H](OCCCC)C(OCCCC)[C@@H]1O. The van der Waals surface area contributed by atoms with Crippen LogP contribution in [0.25, 0.3) is 0 Å². The van der Waals surface area contributed by atoms with E-state index in [1.165, 1.54) is 0 Å². The summed E-state index contributed by atoms with van der Waals surface area (Å²) in [4.78, 5) is 0. The summed E-state index contributed by atoms with van der Waals surface area (Å²) in [7, 11) is 0. The van der Waals surface area contributed by atoms with E-state index in [1.54, 1.807) is 0 Å². The van der Waals surface area contributed by atoms with Crippen molar-refractivity contribution in [1.82, 2.24) is 0 Å². The largest absolute Gasteiger partial charge is 0.387 e. The molecule has 1 rings (SSSR count). The highest BCUT2D eigenvalue weighted by molar-refractivity contribution is 5.03. The Morgan fingerprint density at radius 2 is 0.625 bits per heavy atom. The lowest BCUT2D eigenvalue weighted by Crippen LogP contribution is -2.67. The highest BCUT2D eigenvalue weighted by Gasteiger charge is 2.53. The Labute approximate surface area is 197 Å². The van der Waals surface area contributed by atoms with E-state index in [0.29, 0.717) is 33.0 Å². The first kappa shape index (κ1) is 29.8. The van der Waals surface area contributed by atoms with Crippen molar-refractivity contribution in [3.63, 3.8) is 0 Å². The third-order valence-electron chi connectivity index (χ3n) is 6.01. The van der Waals surface area contributed by atoms with Gasteiger partial charge in [-0.3, -0.25) is 0 Å². The number of unbranched alkanes of at least 4 members (excludes halogenated alkanes) is 5. The molecular weight excluding hydrogens is 408 g/mol. The molecule has 6 atom stereocenters. The Bertz CT molecular complexity index is 389. The van der Waals surface area contributed by atoms with Crippen molar-refractivity contribution in [3.8, 4) is 0 Å². The average Bonchev–Trinajstić information content (AvgIpc) is 2.79. The van der Waals surface area contributed by atoms with Gasteiger partial charge in [0.15, 0.2) is 0 Å². The molecule has 32 heavy (non-hydrogen) atoms. The molecule has 1 saturated carbocycles. The summed E-state index contributed by atoms with van der Waals surface area (Å²) >= 11 is 0. The monoisotopic (exact) mass is 460 g/mol. The van der Waals surface area contributed by atoms with E-state index in [9.17, 15) is 5.11 Å². The Morgan fingerprint density at radius 1 is 0.406 bits per heavy atom. The number of aliphatic hydroxyl groups excluding tert-OH is 1. The summed E-state index contributed by atoms with van der Waals surface area (Å²) in [5, 5.41) is 11.4. The van der Waals surface area contributed by atoms with Crippen LogP contribution in [-0.4, -0.2) is 74.8 Å². The summed E-state index contributed by atoms with van der Waals surface area (Å²) in [6, 6.07) is 0. The molecule has 0 amide bonds. The Hall–Kier alpha value is -0.240. The second-order valence-corrected chi connectivity index (χ2v) is 8.94. The molecule has 1 fully saturated rings. The van der Waals surface area contributed by atoms with E-state index in [0.717, 1.165) is 64.2 Å². The van der Waals surface area contributed by atoms with Crippen LogP contribution in [0.2, 0.25) is 0 Å². The van der Waals surface area contributed by atoms with Gasteiger partial charge in [0.1, 0.15) is 36.6 Å². The van der Waals surface area contributed by atoms with Gasteiger partial charge in [-0.05, 0) is 32.1 Å². The quantitative estimate of drug-likeness (QED) is 0.249. The third-order valence-corrected chi connectivity index (χ3v) is 6.01. The van der Waals surface area contributed by atoms with Gasteiger partial charge >= 0.3 is 0 Å². The first-order valence-electron chi connectivity index (χ1n) is 13.4. The lowest BCUT2D eigenvalue weighted by atomic mass is 9.83. The van der Waals surface area contributed by atoms with E-state index >= 15 is 0 Å². The van der Waals surface area contributed by atoms with Gasteiger partial charge < -0.3 is 28.8 Å². The van der Waals surface area contributed by atoms with Crippen molar-refractivity contribution in [2.24, 2.45) is 0 Å². The minimum absolute atomic E-state index is 0.322. The van der Waals surface area contributed by atoms with Gasteiger partial charge in [0.2, 0.25) is 0 Å². The summed E-state index contributed by atoms with van der Waals surface area (Å²) < 4.78 is 31.6. The zero-order valence-corrected chi connectivity index (χ0v) is 21.6. The van der Waals surface area contributed by atoms with Crippen LogP contribution in [0.1, 0.15) is 98.8 Å². The van der Waals surface area contributed by atoms with E-state index in [2.05, 4.69) is 34.6 Å². The van der Waals surface area contributed by atoms with Crippen LogP contribution >= 0.6 is 0 Å². The second kappa shape index (κ2) is 19.1. The molecule has 0 saturated heterocycles. The Kier molecular flexibility index (Phi) is 17.8. The fourth-order valence-corrected chi connectivity index (χ4v) is 3.91. The van der Waals surface area contributed by atoms with E-state index < -0.39 is 18.3 Å². The molecule has 0 bridgehead atoms. The number of aliphatic hydroxyl groups is 1. The van der Waals surface area contributed by atoms with Gasteiger partial charge in [-0.15, -0.1) is 0 Å². The van der Waals surface area contributed by atoms with E-state index in [-0.39, 0.29) is 18.3 Å². The predicted molar refractivity (Wildman–Crippen MR) is 129 cm³/mol. The number of hydrogen-bond acceptors (Lipinski definition) is 6. The molecule has 1 N–H and O–H groups in total. The zero-order chi connectivity index (χ0) is 23.6.